The molecule has 3 fully saturated rings. The molecule has 1 saturated heterocycles. The molecule has 0 radical (unpaired) electrons. The van der Waals surface area contributed by atoms with Gasteiger partial charge >= 0.3 is 5.97 Å². The van der Waals surface area contributed by atoms with Gasteiger partial charge in [0.05, 0.1) is 24.9 Å². The van der Waals surface area contributed by atoms with Crippen molar-refractivity contribution in [1.82, 2.24) is 25.5 Å². The maximum absolute atomic E-state index is 14.9. The first kappa shape index (κ1) is 41.6. The summed E-state index contributed by atoms with van der Waals surface area (Å²) in [7, 11) is 1.56. The summed E-state index contributed by atoms with van der Waals surface area (Å²) in [6.45, 7) is 7.04. The minimum atomic E-state index is -1.20. The van der Waals surface area contributed by atoms with Crippen molar-refractivity contribution < 1.29 is 38.6 Å². The number of aromatic nitrogens is 2. The molecule has 3 aliphatic rings. The summed E-state index contributed by atoms with van der Waals surface area (Å²) in [6, 6.07) is 5.00. The molecule has 1 aromatic carbocycles. The van der Waals surface area contributed by atoms with Crippen LogP contribution in [0, 0.1) is 17.8 Å². The minimum absolute atomic E-state index is 0.0216. The highest BCUT2D eigenvalue weighted by molar-refractivity contribution is 7.14. The summed E-state index contributed by atoms with van der Waals surface area (Å²) in [6.07, 6.45) is 9.80. The number of fused-ring (bicyclic) bond motifs is 1. The molecule has 5 atom stereocenters. The van der Waals surface area contributed by atoms with Crippen molar-refractivity contribution in [2.24, 2.45) is 17.8 Å². The predicted octanol–water partition coefficient (Wildman–Crippen LogP) is 6.10. The molecular weight excluding hydrogens is 749 g/mol. The van der Waals surface area contributed by atoms with Crippen molar-refractivity contribution in [2.75, 3.05) is 19.0 Å². The lowest BCUT2D eigenvalue weighted by Gasteiger charge is -2.34. The molecular formula is C42H54N6O8S. The Morgan fingerprint density at radius 3 is 2.46 bits per heavy atom. The number of amides is 4. The summed E-state index contributed by atoms with van der Waals surface area (Å²) < 4.78 is 12.2. The van der Waals surface area contributed by atoms with Gasteiger partial charge in [-0.3, -0.25) is 19.2 Å². The maximum atomic E-state index is 14.9. The van der Waals surface area contributed by atoms with E-state index in [1.807, 2.05) is 13.0 Å². The summed E-state index contributed by atoms with van der Waals surface area (Å²) in [5.74, 6) is -2.29. The van der Waals surface area contributed by atoms with Crippen LogP contribution in [0.3, 0.4) is 0 Å². The van der Waals surface area contributed by atoms with Gasteiger partial charge in [0.1, 0.15) is 35.4 Å². The van der Waals surface area contributed by atoms with Crippen LogP contribution in [0.25, 0.3) is 22.3 Å². The van der Waals surface area contributed by atoms with Crippen LogP contribution < -0.4 is 25.4 Å². The zero-order valence-electron chi connectivity index (χ0n) is 33.0. The van der Waals surface area contributed by atoms with Crippen molar-refractivity contribution in [2.45, 2.75) is 115 Å². The summed E-state index contributed by atoms with van der Waals surface area (Å²) in [4.78, 5) is 77.6. The number of methoxy groups -OCH3 is 1. The number of carbonyl (C=O) groups is 5. The normalized spacial score (nSPS) is 20.4. The van der Waals surface area contributed by atoms with E-state index < -0.39 is 36.0 Å². The molecule has 0 bridgehead atoms. The number of hydrogen-bond donors (Lipinski definition) is 4. The van der Waals surface area contributed by atoms with Crippen molar-refractivity contribution in [3.05, 3.63) is 42.3 Å². The van der Waals surface area contributed by atoms with Gasteiger partial charge < -0.3 is 35.4 Å². The van der Waals surface area contributed by atoms with Gasteiger partial charge in [0.2, 0.25) is 23.6 Å². The van der Waals surface area contributed by atoms with Gasteiger partial charge in [-0.2, -0.15) is 0 Å². The van der Waals surface area contributed by atoms with Gasteiger partial charge in [0, 0.05) is 54.6 Å². The number of anilines is 1. The lowest BCUT2D eigenvalue weighted by atomic mass is 9.77. The quantitative estimate of drug-likeness (QED) is 0.123. The molecule has 2 aromatic heterocycles. The number of likely N-dealkylation sites (tertiary alicyclic amines) is 1. The number of hydrogen-bond acceptors (Lipinski definition) is 10. The van der Waals surface area contributed by atoms with E-state index in [4.69, 9.17) is 14.5 Å². The zero-order valence-corrected chi connectivity index (χ0v) is 33.8. The number of rotatable bonds is 16. The highest BCUT2D eigenvalue weighted by atomic mass is 32.1. The van der Waals surface area contributed by atoms with E-state index in [2.05, 4.69) is 27.5 Å². The Kier molecular flexibility index (Phi) is 13.8. The first-order chi connectivity index (χ1) is 27.4. The third-order valence-corrected chi connectivity index (χ3v) is 12.2. The maximum Gasteiger partial charge on any atom is 0.326 e. The Hall–Kier alpha value is -5.05. The molecule has 2 aliphatic carbocycles. The molecule has 2 saturated carbocycles. The highest BCUT2D eigenvalue weighted by Gasteiger charge is 2.46. The number of ether oxygens (including phenoxy) is 2. The van der Waals surface area contributed by atoms with E-state index in [9.17, 15) is 29.1 Å². The third-order valence-electron chi connectivity index (χ3n) is 11.5. The molecule has 0 unspecified atom stereocenters. The molecule has 306 valence electrons. The first-order valence-electron chi connectivity index (χ1n) is 20.1. The van der Waals surface area contributed by atoms with Crippen LogP contribution in [-0.2, 0) is 24.0 Å². The van der Waals surface area contributed by atoms with Gasteiger partial charge in [-0.25, -0.2) is 14.8 Å². The van der Waals surface area contributed by atoms with Crippen LogP contribution in [0.2, 0.25) is 0 Å². The average Bonchev–Trinajstić information content (AvgIpc) is 3.98. The van der Waals surface area contributed by atoms with Gasteiger partial charge in [-0.05, 0) is 56.1 Å². The fraction of sp³-hybridized carbons (Fsp3) is 0.548. The second-order valence-electron chi connectivity index (χ2n) is 15.7. The second-order valence-corrected chi connectivity index (χ2v) is 16.6. The van der Waals surface area contributed by atoms with Crippen LogP contribution in [0.15, 0.2) is 42.3 Å². The molecule has 4 amide bonds. The predicted molar refractivity (Wildman–Crippen MR) is 217 cm³/mol. The highest BCUT2D eigenvalue weighted by Crippen LogP contribution is 2.38. The third kappa shape index (κ3) is 10.5. The van der Waals surface area contributed by atoms with Crippen LogP contribution >= 0.6 is 11.3 Å². The largest absolute Gasteiger partial charge is 0.497 e. The monoisotopic (exact) mass is 802 g/mol. The Morgan fingerprint density at radius 2 is 1.77 bits per heavy atom. The van der Waals surface area contributed by atoms with Crippen molar-refractivity contribution in [3.63, 3.8) is 0 Å². The molecule has 15 heteroatoms. The first-order valence-corrected chi connectivity index (χ1v) is 20.9. The van der Waals surface area contributed by atoms with Gasteiger partial charge in [-0.15, -0.1) is 17.9 Å². The van der Waals surface area contributed by atoms with Gasteiger partial charge in [0.25, 0.3) is 0 Å². The lowest BCUT2D eigenvalue weighted by Crippen LogP contribution is -2.53. The summed E-state index contributed by atoms with van der Waals surface area (Å²) in [5, 5.41) is 21.5. The number of thiazole rings is 1. The van der Waals surface area contributed by atoms with Crippen molar-refractivity contribution in [3.8, 4) is 22.9 Å². The standard InChI is InChI=1S/C42H54N6O8S/c1-5-24(2)17-34(41(53)54)46-39(51)36-19-29(22-48(36)40(52)31(26-11-7-6-8-12-26)20-38(50)44-27-13-9-10-14-27)56-37-21-33(35-23-57-42(47-35)43-25(3)49)45-32-18-28(55-4)15-16-30(32)37/h5,15-16,18,21,23-24,26-27,29,31,34,36H,1,6-14,17,19-20,22H2,2-4H3,(H,44,50)(H,46,51)(H,53,54)(H,43,47,49)/t24-,29-,31+,34-,36+/m1/s1. The van der Waals surface area contributed by atoms with E-state index in [1.165, 1.54) is 23.2 Å². The Morgan fingerprint density at radius 1 is 1.04 bits per heavy atom. The summed E-state index contributed by atoms with van der Waals surface area (Å²) in [5.41, 5.74) is 1.55. The molecule has 14 nitrogen and oxygen atoms in total. The zero-order chi connectivity index (χ0) is 40.6. The average molecular weight is 803 g/mol. The lowest BCUT2D eigenvalue weighted by molar-refractivity contribution is -0.147. The van der Waals surface area contributed by atoms with E-state index >= 15 is 0 Å². The molecule has 0 spiro atoms. The smallest absolute Gasteiger partial charge is 0.326 e. The Balaban J connectivity index is 1.33. The Bertz CT molecular complexity index is 1960. The van der Waals surface area contributed by atoms with E-state index in [-0.39, 0.29) is 61.4 Å². The van der Waals surface area contributed by atoms with Crippen molar-refractivity contribution in [1.29, 1.82) is 0 Å². The minimum Gasteiger partial charge on any atom is -0.497 e. The number of nitrogens with one attached hydrogen (secondary N) is 3. The fourth-order valence-electron chi connectivity index (χ4n) is 8.40. The van der Waals surface area contributed by atoms with Gasteiger partial charge in [-0.1, -0.05) is 45.1 Å². The van der Waals surface area contributed by atoms with Crippen LogP contribution in [-0.4, -0.2) is 87.5 Å². The van der Waals surface area contributed by atoms with Crippen LogP contribution in [0.4, 0.5) is 5.13 Å². The van der Waals surface area contributed by atoms with Crippen LogP contribution in [0.1, 0.15) is 90.9 Å². The molecule has 57 heavy (non-hydrogen) atoms. The topological polar surface area (TPSA) is 189 Å². The van der Waals surface area contributed by atoms with E-state index in [0.29, 0.717) is 38.9 Å². The second kappa shape index (κ2) is 18.9. The number of nitrogens with zero attached hydrogens (tertiary/aromatic N) is 3. The molecule has 6 rings (SSSR count). The molecule has 4 N–H and O–H groups in total. The molecule has 3 heterocycles. The Labute approximate surface area is 337 Å². The van der Waals surface area contributed by atoms with E-state index in [0.717, 1.165) is 57.8 Å². The van der Waals surface area contributed by atoms with E-state index in [1.54, 1.807) is 36.8 Å². The molecule has 3 aromatic rings. The number of carboxylic acids is 1. The summed E-state index contributed by atoms with van der Waals surface area (Å²) >= 11 is 1.26. The number of carboxylic acid groups (broad SMARTS) is 1. The van der Waals surface area contributed by atoms with Gasteiger partial charge in [0.15, 0.2) is 5.13 Å². The van der Waals surface area contributed by atoms with Crippen LogP contribution in [0.5, 0.6) is 11.5 Å². The number of aliphatic carboxylic acids is 1. The number of carbonyl (C=O) groups excluding carboxylic acids is 4. The number of benzene rings is 1. The van der Waals surface area contributed by atoms with Crippen molar-refractivity contribution >= 4 is 57.0 Å². The number of pyridine rings is 1. The number of allylic oxidation sites excluding steroid dienone is 1. The molecule has 1 aliphatic heterocycles. The SMILES string of the molecule is C=C[C@@H](C)C[C@@H](NC(=O)[C@@H]1C[C@@H](Oc2cc(-c3csc(NC(C)=O)n3)nc3cc(OC)ccc23)CN1C(=O)[C@@H](CC(=O)NC1CCCC1)C1CCCCC1)C(=O)O. The fourth-order valence-corrected chi connectivity index (χ4v) is 9.16.